The van der Waals surface area contributed by atoms with Gasteiger partial charge in [0.25, 0.3) is 0 Å². The van der Waals surface area contributed by atoms with E-state index in [1.165, 1.54) is 6.42 Å². The van der Waals surface area contributed by atoms with E-state index in [4.69, 9.17) is 0 Å². The number of aromatic nitrogens is 5. The number of rotatable bonds is 5. The van der Waals surface area contributed by atoms with Crippen molar-refractivity contribution in [1.82, 2.24) is 25.1 Å². The Labute approximate surface area is 225 Å². The number of carbonyl (C=O) groups is 1. The van der Waals surface area contributed by atoms with Crippen molar-refractivity contribution in [2.75, 3.05) is 16.0 Å². The van der Waals surface area contributed by atoms with Crippen LogP contribution < -0.4 is 16.0 Å². The van der Waals surface area contributed by atoms with Gasteiger partial charge in [-0.3, -0.25) is 24.8 Å². The summed E-state index contributed by atoms with van der Waals surface area (Å²) >= 11 is 0. The molecular formula is C30H28N8O. The van der Waals surface area contributed by atoms with Gasteiger partial charge >= 0.3 is 0 Å². The van der Waals surface area contributed by atoms with Crippen molar-refractivity contribution in [3.63, 3.8) is 0 Å². The number of fused-ring (bicyclic) bond motifs is 2. The fraction of sp³-hybridized carbons (Fsp3) is 0.233. The SMILES string of the molecule is O=C(Nc1cncc(-c2ccc3[nH]nc(C4Nc5cncc(-c6cccnc6)c5N4)c3c2)c1)C1CCCCC1. The summed E-state index contributed by atoms with van der Waals surface area (Å²) in [5, 5.41) is 19.0. The number of nitrogens with one attached hydrogen (secondary N) is 4. The number of nitrogens with zero attached hydrogens (tertiary/aromatic N) is 4. The Morgan fingerprint density at radius 1 is 0.846 bits per heavy atom. The molecule has 1 atom stereocenters. The van der Waals surface area contributed by atoms with Gasteiger partial charge in [-0.25, -0.2) is 0 Å². The molecule has 1 aromatic carbocycles. The van der Waals surface area contributed by atoms with Crippen LogP contribution in [0.5, 0.6) is 0 Å². The number of carbonyl (C=O) groups excluding carboxylic acids is 1. The molecule has 1 unspecified atom stereocenters. The van der Waals surface area contributed by atoms with Crippen LogP contribution in [0.1, 0.15) is 44.0 Å². The largest absolute Gasteiger partial charge is 0.358 e. The molecule has 5 aromatic rings. The summed E-state index contributed by atoms with van der Waals surface area (Å²) < 4.78 is 0. The Morgan fingerprint density at radius 3 is 2.59 bits per heavy atom. The van der Waals surface area contributed by atoms with Crippen LogP contribution >= 0.6 is 0 Å². The molecule has 9 nitrogen and oxygen atoms in total. The van der Waals surface area contributed by atoms with Gasteiger partial charge in [0, 0.05) is 52.8 Å². The molecule has 1 fully saturated rings. The molecule has 0 saturated heterocycles. The van der Waals surface area contributed by atoms with Crippen molar-refractivity contribution in [3.8, 4) is 22.3 Å². The number of aromatic amines is 1. The Kier molecular flexibility index (Phi) is 5.88. The molecule has 0 radical (unpaired) electrons. The number of pyridine rings is 3. The third-order valence-electron chi connectivity index (χ3n) is 7.69. The zero-order chi connectivity index (χ0) is 26.2. The van der Waals surface area contributed by atoms with E-state index < -0.39 is 0 Å². The summed E-state index contributed by atoms with van der Waals surface area (Å²) in [5.41, 5.74) is 8.32. The van der Waals surface area contributed by atoms with E-state index in [1.54, 1.807) is 12.4 Å². The normalized spacial score (nSPS) is 16.9. The highest BCUT2D eigenvalue weighted by Gasteiger charge is 2.28. The van der Waals surface area contributed by atoms with Gasteiger partial charge in [-0.2, -0.15) is 5.10 Å². The summed E-state index contributed by atoms with van der Waals surface area (Å²) in [7, 11) is 0. The van der Waals surface area contributed by atoms with Crippen LogP contribution in [0.15, 0.2) is 73.6 Å². The van der Waals surface area contributed by atoms with E-state index >= 15 is 0 Å². The predicted molar refractivity (Wildman–Crippen MR) is 152 cm³/mol. The molecule has 0 spiro atoms. The Morgan fingerprint density at radius 2 is 1.72 bits per heavy atom. The molecule has 2 aliphatic rings. The van der Waals surface area contributed by atoms with E-state index in [-0.39, 0.29) is 18.0 Å². The summed E-state index contributed by atoms with van der Waals surface area (Å²) in [5.74, 6) is 0.191. The second kappa shape index (κ2) is 9.83. The fourth-order valence-electron chi connectivity index (χ4n) is 5.65. The van der Waals surface area contributed by atoms with Crippen LogP contribution in [-0.2, 0) is 4.79 Å². The number of benzene rings is 1. The Balaban J connectivity index is 1.16. The van der Waals surface area contributed by atoms with Crippen molar-refractivity contribution in [2.24, 2.45) is 5.92 Å². The lowest BCUT2D eigenvalue weighted by Gasteiger charge is -2.20. The standard InChI is InChI=1S/C30H28N8O/c39-30(18-5-2-1-3-6-18)34-22-11-21(14-32-15-22)19-8-9-25-23(12-19)28(38-37-25)29-35-26-17-33-16-24(27(26)36-29)20-7-4-10-31-13-20/h4,7-18,29,35-36H,1-3,5-6H2,(H,34,39)(H,37,38). The first-order chi connectivity index (χ1) is 19.2. The average molecular weight is 517 g/mol. The van der Waals surface area contributed by atoms with E-state index in [0.29, 0.717) is 0 Å². The van der Waals surface area contributed by atoms with Gasteiger partial charge in [0.2, 0.25) is 5.91 Å². The van der Waals surface area contributed by atoms with Crippen molar-refractivity contribution in [3.05, 3.63) is 79.3 Å². The molecule has 7 rings (SSSR count). The van der Waals surface area contributed by atoms with Gasteiger partial charge in [-0.05, 0) is 42.7 Å². The molecule has 4 N–H and O–H groups in total. The van der Waals surface area contributed by atoms with Crippen LogP contribution in [0, 0.1) is 5.92 Å². The first-order valence-electron chi connectivity index (χ1n) is 13.4. The van der Waals surface area contributed by atoms with Crippen molar-refractivity contribution >= 4 is 33.9 Å². The second-order valence-corrected chi connectivity index (χ2v) is 10.2. The fourth-order valence-corrected chi connectivity index (χ4v) is 5.65. The minimum absolute atomic E-state index is 0.0941. The van der Waals surface area contributed by atoms with Crippen molar-refractivity contribution < 1.29 is 4.79 Å². The van der Waals surface area contributed by atoms with Crippen molar-refractivity contribution in [1.29, 1.82) is 0 Å². The summed E-state index contributed by atoms with van der Waals surface area (Å²) in [6, 6.07) is 12.1. The molecule has 9 heteroatoms. The second-order valence-electron chi connectivity index (χ2n) is 10.2. The molecule has 1 amide bonds. The molecule has 0 bridgehead atoms. The lowest BCUT2D eigenvalue weighted by Crippen LogP contribution is -2.24. The maximum Gasteiger partial charge on any atom is 0.227 e. The van der Waals surface area contributed by atoms with Crippen LogP contribution in [0.2, 0.25) is 0 Å². The van der Waals surface area contributed by atoms with E-state index in [0.717, 1.165) is 81.6 Å². The van der Waals surface area contributed by atoms with Gasteiger partial charge in [0.15, 0.2) is 0 Å². The first kappa shape index (κ1) is 23.3. The maximum absolute atomic E-state index is 12.8. The Hall–Kier alpha value is -4.79. The molecule has 194 valence electrons. The Bertz CT molecular complexity index is 1660. The van der Waals surface area contributed by atoms with Crippen LogP contribution in [-0.4, -0.2) is 31.1 Å². The number of H-pyrrole nitrogens is 1. The molecule has 4 aromatic heterocycles. The van der Waals surface area contributed by atoms with Gasteiger partial charge in [0.1, 0.15) is 11.9 Å². The third kappa shape index (κ3) is 4.46. The summed E-state index contributed by atoms with van der Waals surface area (Å²) in [4.78, 5) is 25.9. The molecule has 1 saturated carbocycles. The highest BCUT2D eigenvalue weighted by Crippen LogP contribution is 2.42. The zero-order valence-electron chi connectivity index (χ0n) is 21.3. The van der Waals surface area contributed by atoms with Crippen molar-refractivity contribution in [2.45, 2.75) is 38.3 Å². The van der Waals surface area contributed by atoms with Gasteiger partial charge in [-0.1, -0.05) is 31.4 Å². The topological polar surface area (TPSA) is 121 Å². The van der Waals surface area contributed by atoms with Gasteiger partial charge < -0.3 is 16.0 Å². The first-order valence-corrected chi connectivity index (χ1v) is 13.4. The average Bonchev–Trinajstić information content (AvgIpc) is 3.62. The lowest BCUT2D eigenvalue weighted by atomic mass is 9.88. The molecule has 1 aliphatic carbocycles. The predicted octanol–water partition coefficient (Wildman–Crippen LogP) is 6.14. The van der Waals surface area contributed by atoms with E-state index in [9.17, 15) is 4.79 Å². The van der Waals surface area contributed by atoms with Crippen LogP contribution in [0.25, 0.3) is 33.2 Å². The third-order valence-corrected chi connectivity index (χ3v) is 7.69. The summed E-state index contributed by atoms with van der Waals surface area (Å²) in [6.45, 7) is 0. The quantitative estimate of drug-likeness (QED) is 0.221. The number of amides is 1. The minimum Gasteiger partial charge on any atom is -0.358 e. The smallest absolute Gasteiger partial charge is 0.227 e. The summed E-state index contributed by atoms with van der Waals surface area (Å²) in [6.07, 6.45) is 16.0. The highest BCUT2D eigenvalue weighted by atomic mass is 16.1. The molecular weight excluding hydrogens is 488 g/mol. The number of hydrogen-bond donors (Lipinski definition) is 4. The van der Waals surface area contributed by atoms with E-state index in [2.05, 4.69) is 47.2 Å². The van der Waals surface area contributed by atoms with Gasteiger partial charge in [-0.15, -0.1) is 0 Å². The zero-order valence-corrected chi connectivity index (χ0v) is 21.3. The maximum atomic E-state index is 12.8. The van der Waals surface area contributed by atoms with Crippen LogP contribution in [0.3, 0.4) is 0 Å². The molecule has 1 aliphatic heterocycles. The number of hydrogen-bond acceptors (Lipinski definition) is 7. The van der Waals surface area contributed by atoms with E-state index in [1.807, 2.05) is 55.1 Å². The monoisotopic (exact) mass is 516 g/mol. The van der Waals surface area contributed by atoms with Gasteiger partial charge in [0.05, 0.1) is 35.0 Å². The minimum atomic E-state index is -0.233. The molecule has 5 heterocycles. The number of anilines is 3. The highest BCUT2D eigenvalue weighted by molar-refractivity contribution is 5.94. The lowest BCUT2D eigenvalue weighted by molar-refractivity contribution is -0.120. The van der Waals surface area contributed by atoms with Crippen LogP contribution in [0.4, 0.5) is 17.1 Å². The molecule has 39 heavy (non-hydrogen) atoms.